The number of rotatable bonds is 4. The zero-order valence-corrected chi connectivity index (χ0v) is 12.9. The van der Waals surface area contributed by atoms with Crippen LogP contribution in [0.25, 0.3) is 0 Å². The SMILES string of the molecule is Fc1ccc(N2CCCN(CCc3ccccc3)CC2)cc1. The van der Waals surface area contributed by atoms with Crippen LogP contribution in [0.4, 0.5) is 10.1 Å². The van der Waals surface area contributed by atoms with E-state index < -0.39 is 0 Å². The minimum absolute atomic E-state index is 0.164. The van der Waals surface area contributed by atoms with Gasteiger partial charge in [0.05, 0.1) is 0 Å². The minimum Gasteiger partial charge on any atom is -0.370 e. The van der Waals surface area contributed by atoms with Crippen LogP contribution in [0.3, 0.4) is 0 Å². The smallest absolute Gasteiger partial charge is 0.123 e. The van der Waals surface area contributed by atoms with E-state index in [1.54, 1.807) is 12.1 Å². The van der Waals surface area contributed by atoms with Crippen LogP contribution in [0.1, 0.15) is 12.0 Å². The number of nitrogens with zero attached hydrogens (tertiary/aromatic N) is 2. The molecule has 1 saturated heterocycles. The molecule has 0 spiro atoms. The average Bonchev–Trinajstić information content (AvgIpc) is 2.80. The molecule has 3 heteroatoms. The van der Waals surface area contributed by atoms with Crippen LogP contribution in [0.5, 0.6) is 0 Å². The van der Waals surface area contributed by atoms with Crippen LogP contribution >= 0.6 is 0 Å². The molecule has 0 amide bonds. The number of hydrogen-bond donors (Lipinski definition) is 0. The molecule has 1 aliphatic rings. The van der Waals surface area contributed by atoms with E-state index >= 15 is 0 Å². The van der Waals surface area contributed by atoms with Crippen molar-refractivity contribution in [1.29, 1.82) is 0 Å². The first-order valence-electron chi connectivity index (χ1n) is 8.08. The Morgan fingerprint density at radius 3 is 2.36 bits per heavy atom. The summed E-state index contributed by atoms with van der Waals surface area (Å²) in [7, 11) is 0. The molecule has 2 nitrogen and oxygen atoms in total. The third-order valence-electron chi connectivity index (χ3n) is 4.34. The summed E-state index contributed by atoms with van der Waals surface area (Å²) in [5.74, 6) is -0.164. The molecule has 1 aliphatic heterocycles. The van der Waals surface area contributed by atoms with Crippen molar-refractivity contribution in [1.82, 2.24) is 4.90 Å². The molecule has 2 aromatic rings. The Hall–Kier alpha value is -1.87. The molecule has 116 valence electrons. The molecular weight excluding hydrogens is 275 g/mol. The summed E-state index contributed by atoms with van der Waals surface area (Å²) in [5, 5.41) is 0. The Morgan fingerprint density at radius 2 is 1.59 bits per heavy atom. The molecule has 3 rings (SSSR count). The molecular formula is C19H23FN2. The summed E-state index contributed by atoms with van der Waals surface area (Å²) in [5.41, 5.74) is 2.54. The predicted molar refractivity (Wildman–Crippen MR) is 89.8 cm³/mol. The zero-order valence-electron chi connectivity index (χ0n) is 12.9. The lowest BCUT2D eigenvalue weighted by Crippen LogP contribution is -2.32. The molecule has 0 aromatic heterocycles. The van der Waals surface area contributed by atoms with Gasteiger partial charge in [-0.3, -0.25) is 0 Å². The molecule has 0 radical (unpaired) electrons. The fourth-order valence-electron chi connectivity index (χ4n) is 3.04. The highest BCUT2D eigenvalue weighted by Gasteiger charge is 2.15. The largest absolute Gasteiger partial charge is 0.370 e. The summed E-state index contributed by atoms with van der Waals surface area (Å²) < 4.78 is 13.0. The topological polar surface area (TPSA) is 6.48 Å². The first-order chi connectivity index (χ1) is 10.8. The van der Waals surface area contributed by atoms with Crippen molar-refractivity contribution in [2.75, 3.05) is 37.6 Å². The zero-order chi connectivity index (χ0) is 15.2. The van der Waals surface area contributed by atoms with E-state index in [1.807, 2.05) is 12.1 Å². The van der Waals surface area contributed by atoms with Crippen molar-refractivity contribution >= 4 is 5.69 Å². The van der Waals surface area contributed by atoms with E-state index in [2.05, 4.69) is 40.1 Å². The Morgan fingerprint density at radius 1 is 0.818 bits per heavy atom. The second-order valence-electron chi connectivity index (χ2n) is 5.89. The molecule has 22 heavy (non-hydrogen) atoms. The normalized spacial score (nSPS) is 16.5. The highest BCUT2D eigenvalue weighted by atomic mass is 19.1. The van der Waals surface area contributed by atoms with Gasteiger partial charge in [0.2, 0.25) is 0 Å². The molecule has 0 aliphatic carbocycles. The lowest BCUT2D eigenvalue weighted by atomic mass is 10.1. The monoisotopic (exact) mass is 298 g/mol. The van der Waals surface area contributed by atoms with Gasteiger partial charge < -0.3 is 9.80 Å². The van der Waals surface area contributed by atoms with E-state index in [-0.39, 0.29) is 5.82 Å². The van der Waals surface area contributed by atoms with Crippen molar-refractivity contribution in [2.24, 2.45) is 0 Å². The standard InChI is InChI=1S/C19H23FN2/c20-18-7-9-19(10-8-18)22-13-4-12-21(15-16-22)14-11-17-5-2-1-3-6-17/h1-3,5-10H,4,11-16H2. The van der Waals surface area contributed by atoms with Gasteiger partial charge in [0, 0.05) is 31.9 Å². The van der Waals surface area contributed by atoms with E-state index in [9.17, 15) is 4.39 Å². The maximum Gasteiger partial charge on any atom is 0.123 e. The lowest BCUT2D eigenvalue weighted by molar-refractivity contribution is 0.297. The highest BCUT2D eigenvalue weighted by Crippen LogP contribution is 2.17. The third-order valence-corrected chi connectivity index (χ3v) is 4.34. The number of halogens is 1. The molecule has 0 saturated carbocycles. The fourth-order valence-corrected chi connectivity index (χ4v) is 3.04. The second-order valence-corrected chi connectivity index (χ2v) is 5.89. The van der Waals surface area contributed by atoms with Gasteiger partial charge in [-0.15, -0.1) is 0 Å². The van der Waals surface area contributed by atoms with E-state index in [4.69, 9.17) is 0 Å². The Bertz CT molecular complexity index is 568. The molecule has 0 N–H and O–H groups in total. The van der Waals surface area contributed by atoms with E-state index in [0.717, 1.165) is 51.3 Å². The Labute approximate surface area is 132 Å². The van der Waals surface area contributed by atoms with Crippen LogP contribution in [0.15, 0.2) is 54.6 Å². The van der Waals surface area contributed by atoms with Gasteiger partial charge in [0.25, 0.3) is 0 Å². The Balaban J connectivity index is 1.52. The molecule has 0 bridgehead atoms. The maximum atomic E-state index is 13.0. The van der Waals surface area contributed by atoms with Gasteiger partial charge in [-0.2, -0.15) is 0 Å². The van der Waals surface area contributed by atoms with Gasteiger partial charge in [0.1, 0.15) is 5.82 Å². The average molecular weight is 298 g/mol. The van der Waals surface area contributed by atoms with Gasteiger partial charge >= 0.3 is 0 Å². The van der Waals surface area contributed by atoms with Gasteiger partial charge in [-0.05, 0) is 49.2 Å². The summed E-state index contributed by atoms with van der Waals surface area (Å²) in [6.45, 7) is 5.39. The van der Waals surface area contributed by atoms with E-state index in [1.165, 1.54) is 5.56 Å². The van der Waals surface area contributed by atoms with Crippen LogP contribution in [0.2, 0.25) is 0 Å². The van der Waals surface area contributed by atoms with Gasteiger partial charge in [0.15, 0.2) is 0 Å². The lowest BCUT2D eigenvalue weighted by Gasteiger charge is -2.23. The van der Waals surface area contributed by atoms with Crippen LogP contribution in [0, 0.1) is 5.82 Å². The predicted octanol–water partition coefficient (Wildman–Crippen LogP) is 3.58. The number of anilines is 1. The Kier molecular flexibility index (Phi) is 5.07. The van der Waals surface area contributed by atoms with Crippen molar-refractivity contribution < 1.29 is 4.39 Å². The van der Waals surface area contributed by atoms with Crippen LogP contribution in [-0.4, -0.2) is 37.6 Å². The fraction of sp³-hybridized carbons (Fsp3) is 0.368. The molecule has 1 fully saturated rings. The third kappa shape index (κ3) is 4.08. The molecule has 2 aromatic carbocycles. The van der Waals surface area contributed by atoms with Crippen molar-refractivity contribution in [3.63, 3.8) is 0 Å². The summed E-state index contributed by atoms with van der Waals surface area (Å²) in [6, 6.07) is 17.5. The maximum absolute atomic E-state index is 13.0. The molecule has 0 atom stereocenters. The minimum atomic E-state index is -0.164. The summed E-state index contributed by atoms with van der Waals surface area (Å²) >= 11 is 0. The molecule has 1 heterocycles. The van der Waals surface area contributed by atoms with Crippen molar-refractivity contribution in [3.05, 3.63) is 66.0 Å². The highest BCUT2D eigenvalue weighted by molar-refractivity contribution is 5.46. The van der Waals surface area contributed by atoms with Crippen molar-refractivity contribution in [3.8, 4) is 0 Å². The van der Waals surface area contributed by atoms with Gasteiger partial charge in [-0.1, -0.05) is 30.3 Å². The summed E-state index contributed by atoms with van der Waals surface area (Å²) in [6.07, 6.45) is 2.27. The first-order valence-corrected chi connectivity index (χ1v) is 8.08. The van der Waals surface area contributed by atoms with Gasteiger partial charge in [-0.25, -0.2) is 4.39 Å². The molecule has 0 unspecified atom stereocenters. The van der Waals surface area contributed by atoms with Crippen molar-refractivity contribution in [2.45, 2.75) is 12.8 Å². The second kappa shape index (κ2) is 7.41. The van der Waals surface area contributed by atoms with Crippen LogP contribution < -0.4 is 4.90 Å². The quantitative estimate of drug-likeness (QED) is 0.851. The summed E-state index contributed by atoms with van der Waals surface area (Å²) in [4.78, 5) is 4.90. The van der Waals surface area contributed by atoms with Crippen LogP contribution in [-0.2, 0) is 6.42 Å². The van der Waals surface area contributed by atoms with E-state index in [0.29, 0.717) is 0 Å². The number of benzene rings is 2. The first kappa shape index (κ1) is 15.0. The number of hydrogen-bond acceptors (Lipinski definition) is 2.